The summed E-state index contributed by atoms with van der Waals surface area (Å²) in [6, 6.07) is 0. The zero-order chi connectivity index (χ0) is 15.0. The van der Waals surface area contributed by atoms with Crippen LogP contribution in [0.15, 0.2) is 0 Å². The van der Waals surface area contributed by atoms with Crippen molar-refractivity contribution >= 4 is 0 Å². The van der Waals surface area contributed by atoms with E-state index in [0.717, 1.165) is 78.8 Å². The molecule has 6 nitrogen and oxygen atoms in total. The zero-order valence-electron chi connectivity index (χ0n) is 13.9. The highest BCUT2D eigenvalue weighted by molar-refractivity contribution is 4.73. The van der Waals surface area contributed by atoms with E-state index in [1.54, 1.807) is 0 Å². The Bertz CT molecular complexity index is 261. The molecule has 6 heteroatoms. The van der Waals surface area contributed by atoms with Crippen molar-refractivity contribution in [3.05, 3.63) is 0 Å². The Balaban J connectivity index is 1.66. The third-order valence-corrected chi connectivity index (χ3v) is 5.14. The van der Waals surface area contributed by atoms with E-state index in [0.29, 0.717) is 0 Å². The number of ether oxygens (including phenoxy) is 2. The van der Waals surface area contributed by atoms with Crippen LogP contribution in [0.5, 0.6) is 0 Å². The molecule has 0 aromatic heterocycles. The zero-order valence-corrected chi connectivity index (χ0v) is 13.9. The first-order chi connectivity index (χ1) is 10.9. The summed E-state index contributed by atoms with van der Waals surface area (Å²) < 4.78 is 11.6. The molecule has 22 heavy (non-hydrogen) atoms. The van der Waals surface area contributed by atoms with Gasteiger partial charge in [-0.05, 0) is 0 Å². The van der Waals surface area contributed by atoms with Crippen LogP contribution in [0.3, 0.4) is 0 Å². The van der Waals surface area contributed by atoms with Crippen LogP contribution in [0.1, 0.15) is 0 Å². The lowest BCUT2D eigenvalue weighted by atomic mass is 10.3. The van der Waals surface area contributed by atoms with Crippen LogP contribution >= 0.6 is 0 Å². The van der Waals surface area contributed by atoms with Gasteiger partial charge < -0.3 is 9.47 Å². The van der Waals surface area contributed by atoms with Gasteiger partial charge in [0.2, 0.25) is 0 Å². The van der Waals surface area contributed by atoms with Gasteiger partial charge in [0.25, 0.3) is 0 Å². The van der Waals surface area contributed by atoms with Gasteiger partial charge in [-0.15, -0.1) is 0 Å². The Labute approximate surface area is 134 Å². The summed E-state index contributed by atoms with van der Waals surface area (Å²) >= 11 is 0. The number of hydrogen-bond acceptors (Lipinski definition) is 6. The Hall–Kier alpha value is -0.240. The van der Waals surface area contributed by atoms with Gasteiger partial charge in [0.05, 0.1) is 26.4 Å². The average Bonchev–Trinajstić information content (AvgIpc) is 2.70. The highest BCUT2D eigenvalue weighted by Crippen LogP contribution is 2.04. The van der Waals surface area contributed by atoms with Crippen LogP contribution in [0.25, 0.3) is 0 Å². The second-order valence-corrected chi connectivity index (χ2v) is 6.59. The van der Waals surface area contributed by atoms with Crippen molar-refractivity contribution in [2.45, 2.75) is 0 Å². The van der Waals surface area contributed by atoms with Crippen molar-refractivity contribution < 1.29 is 9.47 Å². The molecule has 0 unspecified atom stereocenters. The molecule has 0 spiro atoms. The Morgan fingerprint density at radius 2 is 0.545 bits per heavy atom. The number of nitrogens with zero attached hydrogens (tertiary/aromatic N) is 4. The second kappa shape index (κ2) is 9.15. The first kappa shape index (κ1) is 16.6. The Kier molecular flexibility index (Phi) is 6.91. The lowest BCUT2D eigenvalue weighted by molar-refractivity contribution is 0.0896. The molecular formula is C16H32N4O2. The molecule has 3 aliphatic rings. The van der Waals surface area contributed by atoms with Gasteiger partial charge in [0.1, 0.15) is 0 Å². The van der Waals surface area contributed by atoms with E-state index in [9.17, 15) is 0 Å². The van der Waals surface area contributed by atoms with E-state index in [1.165, 1.54) is 26.2 Å². The van der Waals surface area contributed by atoms with Crippen molar-refractivity contribution in [1.82, 2.24) is 19.6 Å². The first-order valence-electron chi connectivity index (χ1n) is 8.95. The van der Waals surface area contributed by atoms with E-state index in [1.807, 2.05) is 0 Å². The molecular weight excluding hydrogens is 280 g/mol. The Morgan fingerprint density at radius 3 is 0.773 bits per heavy atom. The lowest BCUT2D eigenvalue weighted by Crippen LogP contribution is -2.46. The summed E-state index contributed by atoms with van der Waals surface area (Å²) in [5.74, 6) is 0. The molecule has 0 aromatic carbocycles. The van der Waals surface area contributed by atoms with Gasteiger partial charge in [0.15, 0.2) is 0 Å². The first-order valence-corrected chi connectivity index (χ1v) is 8.95. The van der Waals surface area contributed by atoms with Crippen LogP contribution in [0, 0.1) is 0 Å². The highest BCUT2D eigenvalue weighted by Gasteiger charge is 2.18. The van der Waals surface area contributed by atoms with Gasteiger partial charge in [-0.2, -0.15) is 0 Å². The molecule has 4 bridgehead atoms. The van der Waals surface area contributed by atoms with Crippen LogP contribution < -0.4 is 0 Å². The fourth-order valence-corrected chi connectivity index (χ4v) is 3.45. The molecule has 0 N–H and O–H groups in total. The summed E-state index contributed by atoms with van der Waals surface area (Å²) in [4.78, 5) is 10.3. The van der Waals surface area contributed by atoms with Crippen molar-refractivity contribution in [1.29, 1.82) is 0 Å². The van der Waals surface area contributed by atoms with E-state index in [-0.39, 0.29) is 0 Å². The largest absolute Gasteiger partial charge is 0.379 e. The topological polar surface area (TPSA) is 31.4 Å². The fraction of sp³-hybridized carbons (Fsp3) is 1.00. The van der Waals surface area contributed by atoms with Gasteiger partial charge in [-0.25, -0.2) is 0 Å². The number of rotatable bonds is 0. The third-order valence-electron chi connectivity index (χ3n) is 5.14. The predicted molar refractivity (Wildman–Crippen MR) is 87.4 cm³/mol. The number of fused-ring (bicyclic) bond motifs is 6. The molecule has 0 saturated carbocycles. The monoisotopic (exact) mass is 312 g/mol. The average molecular weight is 312 g/mol. The van der Waals surface area contributed by atoms with E-state index in [2.05, 4.69) is 19.6 Å². The maximum atomic E-state index is 5.80. The summed E-state index contributed by atoms with van der Waals surface area (Å²) in [7, 11) is 0. The fourth-order valence-electron chi connectivity index (χ4n) is 3.45. The maximum absolute atomic E-state index is 5.80. The molecule has 0 radical (unpaired) electrons. The molecule has 0 atom stereocenters. The van der Waals surface area contributed by atoms with Crippen molar-refractivity contribution in [3.8, 4) is 0 Å². The lowest BCUT2D eigenvalue weighted by Gasteiger charge is -2.32. The molecule has 0 amide bonds. The SMILES string of the molecule is C1CN2CCN(CCO1)CCN1CCOCCN(CC1)CC2. The normalized spacial score (nSPS) is 39.3. The minimum Gasteiger partial charge on any atom is -0.379 e. The molecule has 3 heterocycles. The molecule has 3 rings (SSSR count). The van der Waals surface area contributed by atoms with Crippen molar-refractivity contribution in [3.63, 3.8) is 0 Å². The summed E-state index contributed by atoms with van der Waals surface area (Å²) in [5, 5.41) is 0. The summed E-state index contributed by atoms with van der Waals surface area (Å²) in [6.45, 7) is 17.1. The molecule has 128 valence electrons. The Morgan fingerprint density at radius 1 is 0.318 bits per heavy atom. The summed E-state index contributed by atoms with van der Waals surface area (Å²) in [5.41, 5.74) is 0. The smallest absolute Gasteiger partial charge is 0.0594 e. The molecule has 3 fully saturated rings. The third kappa shape index (κ3) is 5.44. The summed E-state index contributed by atoms with van der Waals surface area (Å²) in [6.07, 6.45) is 0. The van der Waals surface area contributed by atoms with Crippen LogP contribution in [-0.4, -0.2) is 125 Å². The van der Waals surface area contributed by atoms with Crippen molar-refractivity contribution in [2.75, 3.05) is 105 Å². The standard InChI is InChI=1S/C16H32N4O2/c1-2-18-7-8-20-4-3-19(11-15-22-16-12-20)6-5-17(1)9-13-21-14-10-18/h1-16H2. The molecule has 0 aliphatic carbocycles. The van der Waals surface area contributed by atoms with Crippen LogP contribution in [-0.2, 0) is 9.47 Å². The van der Waals surface area contributed by atoms with E-state index >= 15 is 0 Å². The molecule has 3 aliphatic heterocycles. The van der Waals surface area contributed by atoms with Gasteiger partial charge in [0, 0.05) is 78.5 Å². The maximum Gasteiger partial charge on any atom is 0.0594 e. The van der Waals surface area contributed by atoms with Crippen LogP contribution in [0.4, 0.5) is 0 Å². The second-order valence-electron chi connectivity index (χ2n) is 6.59. The van der Waals surface area contributed by atoms with Gasteiger partial charge in [-0.3, -0.25) is 19.6 Å². The van der Waals surface area contributed by atoms with E-state index in [4.69, 9.17) is 9.47 Å². The van der Waals surface area contributed by atoms with Crippen molar-refractivity contribution in [2.24, 2.45) is 0 Å². The van der Waals surface area contributed by atoms with Gasteiger partial charge in [-0.1, -0.05) is 0 Å². The quantitative estimate of drug-likeness (QED) is 0.586. The van der Waals surface area contributed by atoms with E-state index < -0.39 is 0 Å². The minimum atomic E-state index is 0.878. The molecule has 0 aromatic rings. The minimum absolute atomic E-state index is 0.878. The van der Waals surface area contributed by atoms with Gasteiger partial charge >= 0.3 is 0 Å². The number of hydrogen-bond donors (Lipinski definition) is 0. The van der Waals surface area contributed by atoms with Crippen LogP contribution in [0.2, 0.25) is 0 Å². The molecule has 3 saturated heterocycles. The predicted octanol–water partition coefficient (Wildman–Crippen LogP) is -0.732. The highest BCUT2D eigenvalue weighted by atomic mass is 16.5.